The number of hydrogen-bond acceptors (Lipinski definition) is 6. The monoisotopic (exact) mass is 579 g/mol. The number of sulfonamides is 1. The molecule has 5 rings (SSSR count). The summed E-state index contributed by atoms with van der Waals surface area (Å²) in [7, 11) is -4.23. The van der Waals surface area contributed by atoms with E-state index in [4.69, 9.17) is 11.6 Å². The van der Waals surface area contributed by atoms with Crippen molar-refractivity contribution in [2.24, 2.45) is 4.99 Å². The molecule has 3 aromatic rings. The number of aliphatic imine (C=N–C) groups is 1. The Morgan fingerprint density at radius 3 is 2.58 bits per heavy atom. The highest BCUT2D eigenvalue weighted by Crippen LogP contribution is 2.38. The van der Waals surface area contributed by atoms with Gasteiger partial charge in [0.15, 0.2) is 0 Å². The summed E-state index contributed by atoms with van der Waals surface area (Å²) in [6.07, 6.45) is 0.242. The van der Waals surface area contributed by atoms with E-state index in [0.717, 1.165) is 34.4 Å². The van der Waals surface area contributed by atoms with Gasteiger partial charge in [0.05, 0.1) is 29.2 Å². The zero-order valence-corrected chi connectivity index (χ0v) is 23.8. The number of amides is 2. The number of nitrogens with one attached hydrogen (secondary N) is 3. The molecule has 2 aliphatic heterocycles. The summed E-state index contributed by atoms with van der Waals surface area (Å²) < 4.78 is 29.2. The van der Waals surface area contributed by atoms with Crippen molar-refractivity contribution in [3.63, 3.8) is 0 Å². The quantitative estimate of drug-likeness (QED) is 0.377. The Kier molecular flexibility index (Phi) is 7.82. The van der Waals surface area contributed by atoms with Gasteiger partial charge in [0.1, 0.15) is 11.9 Å². The summed E-state index contributed by atoms with van der Waals surface area (Å²) in [6, 6.07) is 16.4. The molecule has 2 heterocycles. The largest absolute Gasteiger partial charge is 0.368 e. The molecular formula is C29H30ClN5O4S. The SMILES string of the molecule is Cc1cc(S(=O)(=O)N2c3ccccc3NC(=O)C2CC(=O)NCCc2ccc(C3=NCCN3)cc2)c(C)cc1Cl. The molecule has 0 radical (unpaired) electrons. The normalized spacial score (nSPS) is 16.6. The smallest absolute Gasteiger partial charge is 0.265 e. The number of anilines is 2. The molecule has 0 spiro atoms. The Morgan fingerprint density at radius 2 is 1.85 bits per heavy atom. The van der Waals surface area contributed by atoms with Gasteiger partial charge >= 0.3 is 0 Å². The van der Waals surface area contributed by atoms with Crippen LogP contribution in [0.15, 0.2) is 70.6 Å². The van der Waals surface area contributed by atoms with Gasteiger partial charge < -0.3 is 16.0 Å². The van der Waals surface area contributed by atoms with Gasteiger partial charge in [-0.3, -0.25) is 18.9 Å². The molecule has 11 heteroatoms. The molecule has 3 aromatic carbocycles. The lowest BCUT2D eigenvalue weighted by Crippen LogP contribution is -2.53. The third-order valence-corrected chi connectivity index (χ3v) is 9.37. The summed E-state index contributed by atoms with van der Waals surface area (Å²) in [5.74, 6) is -0.111. The summed E-state index contributed by atoms with van der Waals surface area (Å²) in [5.41, 5.74) is 3.75. The Hall–Kier alpha value is -3.89. The van der Waals surface area contributed by atoms with Crippen molar-refractivity contribution in [2.75, 3.05) is 29.3 Å². The van der Waals surface area contributed by atoms with E-state index in [2.05, 4.69) is 20.9 Å². The first-order chi connectivity index (χ1) is 19.1. The van der Waals surface area contributed by atoms with Crippen LogP contribution in [0.1, 0.15) is 28.7 Å². The fourth-order valence-corrected chi connectivity index (χ4v) is 7.03. The fourth-order valence-electron chi connectivity index (χ4n) is 4.89. The standard InChI is InChI=1S/C29H30ClN5O4S/c1-18-16-26(19(2)15-22(18)30)40(38,39)35-24-6-4-3-5-23(24)34-29(37)25(35)17-27(36)31-12-11-20-7-9-21(10-8-20)28-32-13-14-33-28/h3-10,15-16,25H,11-14,17H2,1-2H3,(H,31,36)(H,32,33)(H,34,37). The molecular weight excluding hydrogens is 550 g/mol. The molecule has 0 saturated heterocycles. The van der Waals surface area contributed by atoms with E-state index in [1.54, 1.807) is 44.2 Å². The number of fused-ring (bicyclic) bond motifs is 1. The fraction of sp³-hybridized carbons (Fsp3) is 0.276. The third kappa shape index (κ3) is 5.55. The van der Waals surface area contributed by atoms with Gasteiger partial charge in [0.2, 0.25) is 11.8 Å². The van der Waals surface area contributed by atoms with Gasteiger partial charge in [-0.2, -0.15) is 0 Å². The number of nitrogens with zero attached hydrogens (tertiary/aromatic N) is 2. The predicted molar refractivity (Wildman–Crippen MR) is 157 cm³/mol. The van der Waals surface area contributed by atoms with E-state index < -0.39 is 27.9 Å². The molecule has 0 aromatic heterocycles. The number of amidine groups is 1. The van der Waals surface area contributed by atoms with Gasteiger partial charge in [0, 0.05) is 23.7 Å². The number of carbonyl (C=O) groups is 2. The van der Waals surface area contributed by atoms with E-state index in [-0.39, 0.29) is 11.3 Å². The lowest BCUT2D eigenvalue weighted by Gasteiger charge is -2.37. The Bertz CT molecular complexity index is 1610. The molecule has 1 unspecified atom stereocenters. The van der Waals surface area contributed by atoms with Crippen molar-refractivity contribution >= 4 is 50.6 Å². The first-order valence-corrected chi connectivity index (χ1v) is 14.8. The Morgan fingerprint density at radius 1 is 1.10 bits per heavy atom. The van der Waals surface area contributed by atoms with Gasteiger partial charge in [-0.05, 0) is 61.2 Å². The highest BCUT2D eigenvalue weighted by atomic mass is 35.5. The van der Waals surface area contributed by atoms with E-state index in [0.29, 0.717) is 40.5 Å². The maximum absolute atomic E-state index is 14.1. The van der Waals surface area contributed by atoms with Crippen LogP contribution in [0, 0.1) is 13.8 Å². The lowest BCUT2D eigenvalue weighted by atomic mass is 10.1. The van der Waals surface area contributed by atoms with Crippen LogP contribution in [0.25, 0.3) is 0 Å². The Labute approximate surface area is 238 Å². The maximum atomic E-state index is 14.1. The van der Waals surface area contributed by atoms with Crippen LogP contribution in [-0.4, -0.2) is 51.7 Å². The zero-order valence-electron chi connectivity index (χ0n) is 22.2. The number of carbonyl (C=O) groups excluding carboxylic acids is 2. The second-order valence-electron chi connectivity index (χ2n) is 9.85. The molecule has 9 nitrogen and oxygen atoms in total. The number of para-hydroxylation sites is 2. The van der Waals surface area contributed by atoms with E-state index in [1.807, 2.05) is 24.3 Å². The van der Waals surface area contributed by atoms with Crippen LogP contribution in [0.5, 0.6) is 0 Å². The molecule has 40 heavy (non-hydrogen) atoms. The minimum Gasteiger partial charge on any atom is -0.368 e. The minimum atomic E-state index is -4.23. The van der Waals surface area contributed by atoms with Crippen molar-refractivity contribution in [2.45, 2.75) is 37.6 Å². The number of benzene rings is 3. The average molecular weight is 580 g/mol. The van der Waals surface area contributed by atoms with Gasteiger partial charge in [-0.1, -0.05) is 48.0 Å². The van der Waals surface area contributed by atoms with Crippen molar-refractivity contribution in [3.8, 4) is 0 Å². The molecule has 0 bridgehead atoms. The summed E-state index contributed by atoms with van der Waals surface area (Å²) in [6.45, 7) is 5.32. The first-order valence-electron chi connectivity index (χ1n) is 13.0. The number of aryl methyl sites for hydroxylation is 2. The van der Waals surface area contributed by atoms with Crippen LogP contribution in [0.2, 0.25) is 5.02 Å². The highest BCUT2D eigenvalue weighted by molar-refractivity contribution is 7.93. The molecule has 0 fully saturated rings. The second-order valence-corrected chi connectivity index (χ2v) is 12.0. The minimum absolute atomic E-state index is 0.0338. The van der Waals surface area contributed by atoms with Crippen LogP contribution >= 0.6 is 11.6 Å². The lowest BCUT2D eigenvalue weighted by molar-refractivity contribution is -0.125. The van der Waals surface area contributed by atoms with Gasteiger partial charge in [-0.25, -0.2) is 8.42 Å². The van der Waals surface area contributed by atoms with E-state index in [1.165, 1.54) is 6.07 Å². The van der Waals surface area contributed by atoms with E-state index in [9.17, 15) is 18.0 Å². The summed E-state index contributed by atoms with van der Waals surface area (Å²) in [5, 5.41) is 9.28. The number of rotatable bonds is 8. The second kappa shape index (κ2) is 11.3. The molecule has 0 aliphatic carbocycles. The van der Waals surface area contributed by atoms with Crippen LogP contribution in [0.3, 0.4) is 0 Å². The average Bonchev–Trinajstić information content (AvgIpc) is 3.46. The van der Waals surface area contributed by atoms with Crippen molar-refractivity contribution in [1.82, 2.24) is 10.6 Å². The topological polar surface area (TPSA) is 120 Å². The number of halogens is 1. The van der Waals surface area contributed by atoms with Crippen LogP contribution in [-0.2, 0) is 26.0 Å². The predicted octanol–water partition coefficient (Wildman–Crippen LogP) is 3.57. The van der Waals surface area contributed by atoms with E-state index >= 15 is 0 Å². The van der Waals surface area contributed by atoms with Gasteiger partial charge in [0.25, 0.3) is 10.0 Å². The molecule has 1 atom stereocenters. The molecule has 0 saturated carbocycles. The molecule has 208 valence electrons. The Balaban J connectivity index is 1.33. The van der Waals surface area contributed by atoms with Crippen molar-refractivity contribution < 1.29 is 18.0 Å². The van der Waals surface area contributed by atoms with Crippen molar-refractivity contribution in [1.29, 1.82) is 0 Å². The van der Waals surface area contributed by atoms with Crippen molar-refractivity contribution in [3.05, 3.63) is 87.9 Å². The first kappa shape index (κ1) is 27.7. The van der Waals surface area contributed by atoms with Crippen LogP contribution < -0.4 is 20.3 Å². The molecule has 2 aliphatic rings. The molecule has 2 amide bonds. The molecule has 3 N–H and O–H groups in total. The summed E-state index contributed by atoms with van der Waals surface area (Å²) in [4.78, 5) is 30.6. The van der Waals surface area contributed by atoms with Crippen LogP contribution in [0.4, 0.5) is 11.4 Å². The van der Waals surface area contributed by atoms with Gasteiger partial charge in [-0.15, -0.1) is 0 Å². The zero-order chi connectivity index (χ0) is 28.4. The summed E-state index contributed by atoms with van der Waals surface area (Å²) >= 11 is 6.22. The number of hydrogen-bond donors (Lipinski definition) is 3. The maximum Gasteiger partial charge on any atom is 0.265 e. The highest BCUT2D eigenvalue weighted by Gasteiger charge is 2.42. The third-order valence-electron chi connectivity index (χ3n) is 6.99.